The Kier molecular flexibility index (Phi) is 6.56. The summed E-state index contributed by atoms with van der Waals surface area (Å²) in [6.45, 7) is 0.878. The molecule has 0 saturated heterocycles. The van der Waals surface area contributed by atoms with Crippen LogP contribution in [-0.4, -0.2) is 46.2 Å². The Morgan fingerprint density at radius 3 is 3.00 bits per heavy atom. The molecule has 0 atom stereocenters. The van der Waals surface area contributed by atoms with Crippen molar-refractivity contribution < 1.29 is 18.4 Å². The molecule has 0 saturated carbocycles. The van der Waals surface area contributed by atoms with Crippen LogP contribution in [0.1, 0.15) is 6.42 Å². The zero-order valence-electron chi connectivity index (χ0n) is 15.1. The van der Waals surface area contributed by atoms with Gasteiger partial charge < -0.3 is 11.1 Å². The van der Waals surface area contributed by atoms with Crippen LogP contribution in [0.15, 0.2) is 41.6 Å². The van der Waals surface area contributed by atoms with E-state index in [9.17, 15) is 9.18 Å². The first-order chi connectivity index (χ1) is 14.0. The summed E-state index contributed by atoms with van der Waals surface area (Å²) in [7, 11) is 1.43. The van der Waals surface area contributed by atoms with E-state index >= 15 is 0 Å². The van der Waals surface area contributed by atoms with Crippen LogP contribution in [0.2, 0.25) is 0 Å². The predicted octanol–water partition coefficient (Wildman–Crippen LogP) is 1.04. The molecule has 3 aromatic rings. The van der Waals surface area contributed by atoms with Gasteiger partial charge in [-0.25, -0.2) is 23.9 Å². The number of nitrogens with zero attached hydrogens (tertiary/aromatic N) is 5. The van der Waals surface area contributed by atoms with Gasteiger partial charge in [0.15, 0.2) is 5.69 Å². The van der Waals surface area contributed by atoms with Crippen LogP contribution in [-0.2, 0) is 4.84 Å². The highest BCUT2D eigenvalue weighted by Crippen LogP contribution is 2.26. The number of guanidine groups is 1. The molecule has 0 aliphatic heterocycles. The Bertz CT molecular complexity index is 1060. The van der Waals surface area contributed by atoms with Crippen molar-refractivity contribution in [2.45, 2.75) is 6.42 Å². The summed E-state index contributed by atoms with van der Waals surface area (Å²) in [4.78, 5) is 20.8. The maximum atomic E-state index is 13.5. The Hall–Kier alpha value is -3.26. The van der Waals surface area contributed by atoms with Crippen molar-refractivity contribution in [1.82, 2.24) is 25.5 Å². The summed E-state index contributed by atoms with van der Waals surface area (Å²) in [6.07, 6.45) is 0.606. The number of halogens is 2. The van der Waals surface area contributed by atoms with Crippen LogP contribution in [0.25, 0.3) is 17.2 Å². The molecule has 29 heavy (non-hydrogen) atoms. The van der Waals surface area contributed by atoms with Crippen molar-refractivity contribution in [1.29, 1.82) is 0 Å². The first-order valence-electron chi connectivity index (χ1n) is 8.21. The molecule has 0 amide bonds. The minimum absolute atomic E-state index is 0.0452. The fraction of sp³-hybridized carbons (Fsp3) is 0.267. The van der Waals surface area contributed by atoms with Crippen LogP contribution in [0.3, 0.4) is 0 Å². The van der Waals surface area contributed by atoms with E-state index in [0.717, 1.165) is 4.57 Å². The number of nitrogens with two attached hydrogens (primary N) is 1. The molecular weight excluding hydrogens is 455 g/mol. The number of aromatic nitrogens is 4. The lowest BCUT2D eigenvalue weighted by molar-refractivity contribution is 0.143. The van der Waals surface area contributed by atoms with Crippen LogP contribution >= 0.6 is 15.9 Å². The molecule has 2 heterocycles. The van der Waals surface area contributed by atoms with Crippen molar-refractivity contribution >= 4 is 27.7 Å². The average molecular weight is 471 g/mol. The summed E-state index contributed by atoms with van der Waals surface area (Å²) < 4.78 is 24.3. The smallest absolute Gasteiger partial charge is 0.368 e. The van der Waals surface area contributed by atoms with Crippen LogP contribution < -0.4 is 22.3 Å². The fourth-order valence-corrected chi connectivity index (χ4v) is 2.69. The van der Waals surface area contributed by atoms with E-state index in [1.807, 2.05) is 0 Å². The molecule has 0 aliphatic carbocycles. The van der Waals surface area contributed by atoms with Crippen molar-refractivity contribution in [3.63, 3.8) is 0 Å². The molecule has 14 heteroatoms. The molecule has 4 N–H and O–H groups in total. The molecule has 0 fully saturated rings. The molecule has 3 rings (SSSR count). The minimum Gasteiger partial charge on any atom is -0.368 e. The van der Waals surface area contributed by atoms with E-state index in [4.69, 9.17) is 14.9 Å². The monoisotopic (exact) mass is 470 g/mol. The number of rotatable bonds is 8. The summed E-state index contributed by atoms with van der Waals surface area (Å²) in [5, 5.41) is 14.3. The summed E-state index contributed by atoms with van der Waals surface area (Å²) in [5.41, 5.74) is 8.41. The van der Waals surface area contributed by atoms with Crippen LogP contribution in [0.4, 0.5) is 10.2 Å². The third-order valence-electron chi connectivity index (χ3n) is 3.58. The van der Waals surface area contributed by atoms with E-state index in [-0.39, 0.29) is 27.8 Å². The SMILES string of the molecule is CONC(N)=NCCCNc1nonc1-c1noc(=O)n1-c1ccc(F)c(Br)c1. The lowest BCUT2D eigenvalue weighted by Crippen LogP contribution is -2.30. The quantitative estimate of drug-likeness (QED) is 0.188. The van der Waals surface area contributed by atoms with Gasteiger partial charge in [0.05, 0.1) is 17.3 Å². The molecule has 2 aromatic heterocycles. The summed E-state index contributed by atoms with van der Waals surface area (Å²) >= 11 is 3.08. The maximum absolute atomic E-state index is 13.5. The van der Waals surface area contributed by atoms with Crippen molar-refractivity contribution in [2.24, 2.45) is 10.7 Å². The zero-order valence-corrected chi connectivity index (χ0v) is 16.6. The van der Waals surface area contributed by atoms with Gasteiger partial charge >= 0.3 is 5.76 Å². The Morgan fingerprint density at radius 2 is 2.24 bits per heavy atom. The molecule has 0 radical (unpaired) electrons. The minimum atomic E-state index is -0.775. The van der Waals surface area contributed by atoms with Crippen molar-refractivity contribution in [3.8, 4) is 17.2 Å². The Balaban J connectivity index is 1.77. The third kappa shape index (κ3) is 4.78. The van der Waals surface area contributed by atoms with Crippen molar-refractivity contribution in [3.05, 3.63) is 39.0 Å². The van der Waals surface area contributed by atoms with Gasteiger partial charge in [-0.05, 0) is 50.9 Å². The molecule has 154 valence electrons. The van der Waals surface area contributed by atoms with Gasteiger partial charge in [-0.3, -0.25) is 14.4 Å². The Morgan fingerprint density at radius 1 is 1.41 bits per heavy atom. The lowest BCUT2D eigenvalue weighted by Gasteiger charge is -2.06. The largest absolute Gasteiger partial charge is 0.446 e. The highest BCUT2D eigenvalue weighted by Gasteiger charge is 2.23. The fourth-order valence-electron chi connectivity index (χ4n) is 2.32. The number of hydrogen-bond acceptors (Lipinski definition) is 9. The predicted molar refractivity (Wildman–Crippen MR) is 103 cm³/mol. The maximum Gasteiger partial charge on any atom is 0.446 e. The van der Waals surface area contributed by atoms with Crippen molar-refractivity contribution in [2.75, 3.05) is 25.5 Å². The van der Waals surface area contributed by atoms with Gasteiger partial charge in [-0.15, -0.1) is 0 Å². The molecule has 0 spiro atoms. The second kappa shape index (κ2) is 9.29. The van der Waals surface area contributed by atoms with Crippen LogP contribution in [0, 0.1) is 5.82 Å². The second-order valence-electron chi connectivity index (χ2n) is 5.52. The average Bonchev–Trinajstić information content (AvgIpc) is 3.30. The molecule has 0 unspecified atom stereocenters. The van der Waals surface area contributed by atoms with Gasteiger partial charge in [0, 0.05) is 13.1 Å². The van der Waals surface area contributed by atoms with Crippen LogP contribution in [0.5, 0.6) is 0 Å². The van der Waals surface area contributed by atoms with E-state index in [0.29, 0.717) is 25.2 Å². The first-order valence-corrected chi connectivity index (χ1v) is 9.00. The first kappa shape index (κ1) is 20.5. The normalized spacial score (nSPS) is 11.6. The summed E-state index contributed by atoms with van der Waals surface area (Å²) in [5.74, 6) is -0.797. The van der Waals surface area contributed by atoms with Gasteiger partial charge in [0.2, 0.25) is 17.6 Å². The van der Waals surface area contributed by atoms with Gasteiger partial charge in [0.1, 0.15) is 5.82 Å². The molecule has 1 aromatic carbocycles. The summed E-state index contributed by atoms with van der Waals surface area (Å²) in [6, 6.07) is 4.02. The van der Waals surface area contributed by atoms with Gasteiger partial charge in [-0.1, -0.05) is 5.16 Å². The highest BCUT2D eigenvalue weighted by atomic mass is 79.9. The van der Waals surface area contributed by atoms with Gasteiger partial charge in [-0.2, -0.15) is 0 Å². The number of hydroxylamine groups is 1. The standard InChI is InChI=1S/C15H16BrFN8O4/c1-27-24-14(18)20-6-2-5-19-12-11(21-29-22-12)13-23-28-15(26)25(13)8-3-4-10(17)9(16)7-8/h3-4,7H,2,5-6H2,1H3,(H,19,22)(H3,18,20,24). The number of benzene rings is 1. The molecule has 0 bridgehead atoms. The van der Waals surface area contributed by atoms with E-state index in [2.05, 4.69) is 52.0 Å². The van der Waals surface area contributed by atoms with E-state index in [1.165, 1.54) is 25.3 Å². The highest BCUT2D eigenvalue weighted by molar-refractivity contribution is 9.10. The topological polar surface area (TPSA) is 159 Å². The zero-order chi connectivity index (χ0) is 20.8. The number of hydrogen-bond donors (Lipinski definition) is 3. The number of anilines is 1. The third-order valence-corrected chi connectivity index (χ3v) is 4.19. The molecule has 12 nitrogen and oxygen atoms in total. The van der Waals surface area contributed by atoms with Gasteiger partial charge in [0.25, 0.3) is 0 Å². The lowest BCUT2D eigenvalue weighted by atomic mass is 10.3. The number of aliphatic imine (C=N–C) groups is 1. The van der Waals surface area contributed by atoms with E-state index < -0.39 is 11.6 Å². The van der Waals surface area contributed by atoms with E-state index in [1.54, 1.807) is 0 Å². The molecular formula is C15H16BrFN8O4. The Labute approximate surface area is 170 Å². The number of nitrogens with one attached hydrogen (secondary N) is 2. The second-order valence-corrected chi connectivity index (χ2v) is 6.38. The molecule has 0 aliphatic rings.